The smallest absolute Gasteiger partial charge is 0.387 e. The summed E-state index contributed by atoms with van der Waals surface area (Å²) in [4.78, 5) is 0. The summed E-state index contributed by atoms with van der Waals surface area (Å²) in [6, 6.07) is 2.24. The Bertz CT molecular complexity index is 636. The monoisotopic (exact) mass is 412 g/mol. The average molecular weight is 413 g/mol. The Kier molecular flexibility index (Phi) is 8.02. The van der Waals surface area contributed by atoms with E-state index < -0.39 is 24.0 Å². The van der Waals surface area contributed by atoms with Gasteiger partial charge in [-0.2, -0.15) is 8.78 Å². The van der Waals surface area contributed by atoms with Crippen LogP contribution in [0.3, 0.4) is 0 Å². The molecule has 0 atom stereocenters. The molecule has 1 aromatic carbocycles. The average Bonchev–Trinajstić information content (AvgIpc) is 2.70. The zero-order valence-electron chi connectivity index (χ0n) is 17.0. The largest absolute Gasteiger partial charge is 0.429 e. The maximum absolute atomic E-state index is 13.9. The minimum Gasteiger partial charge on any atom is -0.429 e. The molecule has 29 heavy (non-hydrogen) atoms. The Hall–Kier alpha value is -1.52. The van der Waals surface area contributed by atoms with Gasteiger partial charge in [0.15, 0.2) is 17.4 Å². The summed E-state index contributed by atoms with van der Waals surface area (Å²) in [7, 11) is 0. The van der Waals surface area contributed by atoms with Gasteiger partial charge in [-0.15, -0.1) is 6.58 Å². The van der Waals surface area contributed by atoms with Crippen molar-refractivity contribution in [1.29, 1.82) is 0 Å². The number of aryl methyl sites for hydroxylation is 1. The predicted molar refractivity (Wildman–Crippen MR) is 107 cm³/mol. The lowest BCUT2D eigenvalue weighted by atomic mass is 9.68. The quantitative estimate of drug-likeness (QED) is 0.314. The summed E-state index contributed by atoms with van der Waals surface area (Å²) >= 11 is 0. The Labute approximate surface area is 171 Å². The van der Waals surface area contributed by atoms with Gasteiger partial charge in [0.1, 0.15) is 0 Å². The highest BCUT2D eigenvalue weighted by Crippen LogP contribution is 2.42. The highest BCUT2D eigenvalue weighted by Gasteiger charge is 2.30. The van der Waals surface area contributed by atoms with Crippen molar-refractivity contribution in [3.8, 4) is 5.75 Å². The van der Waals surface area contributed by atoms with Gasteiger partial charge in [0.2, 0.25) is 0 Å². The van der Waals surface area contributed by atoms with Crippen LogP contribution >= 0.6 is 0 Å². The van der Waals surface area contributed by atoms with Crippen LogP contribution in [0.1, 0.15) is 69.8 Å². The summed E-state index contributed by atoms with van der Waals surface area (Å²) in [5.41, 5.74) is 0.504. The van der Waals surface area contributed by atoms with Crippen molar-refractivity contribution in [3.05, 3.63) is 42.0 Å². The Balaban J connectivity index is 1.43. The maximum Gasteiger partial charge on any atom is 0.387 e. The molecule has 2 aliphatic rings. The number of hydrogen-bond acceptors (Lipinski definition) is 1. The van der Waals surface area contributed by atoms with Crippen molar-refractivity contribution in [2.45, 2.75) is 77.2 Å². The molecule has 162 valence electrons. The molecule has 0 N–H and O–H groups in total. The zero-order valence-corrected chi connectivity index (χ0v) is 17.0. The van der Waals surface area contributed by atoms with Crippen LogP contribution in [0.15, 0.2) is 24.8 Å². The van der Waals surface area contributed by atoms with E-state index in [1.165, 1.54) is 51.4 Å². The molecule has 0 saturated heterocycles. The van der Waals surface area contributed by atoms with Crippen LogP contribution < -0.4 is 4.74 Å². The standard InChI is InChI=1S/C24H32F4O/c1-2-3-16-6-10-19(11-7-16)20-12-8-17(9-13-20)4-5-18-14-21(25)23(22(26)15-18)29-24(27)28/h2,14-17,19-20,24H,1,3-13H2. The van der Waals surface area contributed by atoms with E-state index in [4.69, 9.17) is 0 Å². The van der Waals surface area contributed by atoms with E-state index in [2.05, 4.69) is 11.3 Å². The normalized spacial score (nSPS) is 27.8. The van der Waals surface area contributed by atoms with E-state index in [0.717, 1.165) is 42.7 Å². The lowest BCUT2D eigenvalue weighted by Crippen LogP contribution is -2.26. The molecule has 1 aromatic rings. The first-order valence-electron chi connectivity index (χ1n) is 11.0. The number of ether oxygens (including phenoxy) is 1. The second kappa shape index (κ2) is 10.5. The van der Waals surface area contributed by atoms with Gasteiger partial charge in [-0.3, -0.25) is 0 Å². The van der Waals surface area contributed by atoms with Gasteiger partial charge in [-0.1, -0.05) is 18.9 Å². The van der Waals surface area contributed by atoms with Gasteiger partial charge < -0.3 is 4.74 Å². The number of hydrogen-bond donors (Lipinski definition) is 0. The lowest BCUT2D eigenvalue weighted by Gasteiger charge is -2.37. The van der Waals surface area contributed by atoms with Crippen molar-refractivity contribution in [3.63, 3.8) is 0 Å². The fraction of sp³-hybridized carbons (Fsp3) is 0.667. The molecule has 1 nitrogen and oxygen atoms in total. The Morgan fingerprint density at radius 1 is 0.897 bits per heavy atom. The van der Waals surface area contributed by atoms with Gasteiger partial charge in [0.05, 0.1) is 0 Å². The van der Waals surface area contributed by atoms with Crippen LogP contribution in [0.4, 0.5) is 17.6 Å². The molecule has 0 bridgehead atoms. The number of allylic oxidation sites excluding steroid dienone is 1. The van der Waals surface area contributed by atoms with Crippen LogP contribution in [0.25, 0.3) is 0 Å². The number of halogens is 4. The minimum absolute atomic E-state index is 0.504. The second-order valence-corrected chi connectivity index (χ2v) is 8.89. The zero-order chi connectivity index (χ0) is 20.8. The Morgan fingerprint density at radius 3 is 1.90 bits per heavy atom. The van der Waals surface area contributed by atoms with E-state index in [-0.39, 0.29) is 0 Å². The molecule has 5 heteroatoms. The van der Waals surface area contributed by atoms with Gasteiger partial charge in [0.25, 0.3) is 0 Å². The van der Waals surface area contributed by atoms with Crippen molar-refractivity contribution in [2.24, 2.45) is 23.7 Å². The van der Waals surface area contributed by atoms with Gasteiger partial charge >= 0.3 is 6.61 Å². The highest BCUT2D eigenvalue weighted by atomic mass is 19.3. The molecule has 0 heterocycles. The molecule has 0 spiro atoms. The van der Waals surface area contributed by atoms with Crippen LogP contribution in [-0.2, 0) is 6.42 Å². The summed E-state index contributed by atoms with van der Waals surface area (Å²) < 4.78 is 56.1. The third-order valence-corrected chi connectivity index (χ3v) is 7.06. The molecule has 0 radical (unpaired) electrons. The van der Waals surface area contributed by atoms with Crippen molar-refractivity contribution >= 4 is 0 Å². The second-order valence-electron chi connectivity index (χ2n) is 8.89. The van der Waals surface area contributed by atoms with Gasteiger partial charge in [0, 0.05) is 0 Å². The maximum atomic E-state index is 13.9. The summed E-state index contributed by atoms with van der Waals surface area (Å²) in [5, 5.41) is 0. The van der Waals surface area contributed by atoms with Crippen LogP contribution in [-0.4, -0.2) is 6.61 Å². The van der Waals surface area contributed by atoms with Gasteiger partial charge in [-0.25, -0.2) is 8.78 Å². The van der Waals surface area contributed by atoms with E-state index in [9.17, 15) is 17.6 Å². The summed E-state index contributed by atoms with van der Waals surface area (Å²) in [6.45, 7) is 0.620. The molecule has 0 aromatic heterocycles. The first-order chi connectivity index (χ1) is 14.0. The van der Waals surface area contributed by atoms with E-state index in [1.807, 2.05) is 6.08 Å². The third kappa shape index (κ3) is 6.23. The van der Waals surface area contributed by atoms with Crippen LogP contribution in [0.5, 0.6) is 5.75 Å². The van der Waals surface area contributed by atoms with Crippen molar-refractivity contribution in [1.82, 2.24) is 0 Å². The topological polar surface area (TPSA) is 9.23 Å². The first-order valence-corrected chi connectivity index (χ1v) is 11.0. The van der Waals surface area contributed by atoms with E-state index in [0.29, 0.717) is 17.9 Å². The first kappa shape index (κ1) is 22.2. The number of alkyl halides is 2. The van der Waals surface area contributed by atoms with Crippen molar-refractivity contribution in [2.75, 3.05) is 0 Å². The Morgan fingerprint density at radius 2 is 1.41 bits per heavy atom. The fourth-order valence-corrected chi connectivity index (χ4v) is 5.41. The number of rotatable bonds is 8. The van der Waals surface area contributed by atoms with Crippen LogP contribution in [0.2, 0.25) is 0 Å². The van der Waals surface area contributed by atoms with Crippen molar-refractivity contribution < 1.29 is 22.3 Å². The summed E-state index contributed by atoms with van der Waals surface area (Å²) in [6.07, 6.45) is 14.9. The molecule has 2 saturated carbocycles. The molecular weight excluding hydrogens is 380 g/mol. The van der Waals surface area contributed by atoms with Crippen LogP contribution in [0, 0.1) is 35.3 Å². The molecular formula is C24H32F4O. The SMILES string of the molecule is C=CCC1CCC(C2CCC(CCc3cc(F)c(OC(F)F)c(F)c3)CC2)CC1. The fourth-order valence-electron chi connectivity index (χ4n) is 5.41. The molecule has 0 unspecified atom stereocenters. The molecule has 2 fully saturated rings. The highest BCUT2D eigenvalue weighted by molar-refractivity contribution is 5.31. The predicted octanol–water partition coefficient (Wildman–Crippen LogP) is 7.69. The van der Waals surface area contributed by atoms with E-state index in [1.54, 1.807) is 0 Å². The minimum atomic E-state index is -3.24. The third-order valence-electron chi connectivity index (χ3n) is 7.06. The number of benzene rings is 1. The lowest BCUT2D eigenvalue weighted by molar-refractivity contribution is -0.0546. The molecule has 0 amide bonds. The molecule has 2 aliphatic carbocycles. The molecule has 3 rings (SSSR count). The van der Waals surface area contributed by atoms with Gasteiger partial charge in [-0.05, 0) is 99.2 Å². The van der Waals surface area contributed by atoms with E-state index >= 15 is 0 Å². The molecule has 0 aliphatic heterocycles. The summed E-state index contributed by atoms with van der Waals surface area (Å²) in [5.74, 6) is -0.0109.